The van der Waals surface area contributed by atoms with Gasteiger partial charge in [-0.1, -0.05) is 110 Å². The SMILES string of the molecule is CCCCCCCCCCCC(=O)OC(COC(=O)CCCCCCCCCC)COP(=O)(O)OCC(N)C(=O)O. The standard InChI is InChI=1S/C29H56NO10P/c1-3-5-7-9-11-13-15-17-19-21-28(32)40-25(23-38-41(35,36)39-24-26(30)29(33)34)22-37-27(31)20-18-16-14-12-10-8-6-4-2/h25-26H,3-24,30H2,1-2H3,(H,33,34)(H,35,36). The number of aliphatic carboxylic acids is 1. The minimum Gasteiger partial charge on any atom is -0.480 e. The third-order valence-corrected chi connectivity index (χ3v) is 7.56. The average Bonchev–Trinajstić information content (AvgIpc) is 2.93. The first kappa shape index (κ1) is 39.5. The first-order valence-electron chi connectivity index (χ1n) is 15.6. The van der Waals surface area contributed by atoms with Crippen LogP contribution in [0, 0.1) is 0 Å². The third kappa shape index (κ3) is 25.9. The lowest BCUT2D eigenvalue weighted by atomic mass is 10.1. The molecule has 0 rings (SSSR count). The summed E-state index contributed by atoms with van der Waals surface area (Å²) >= 11 is 0. The lowest BCUT2D eigenvalue weighted by Gasteiger charge is -2.20. The van der Waals surface area contributed by atoms with Crippen molar-refractivity contribution >= 4 is 25.7 Å². The number of carboxylic acids is 1. The fraction of sp³-hybridized carbons (Fsp3) is 0.897. The van der Waals surface area contributed by atoms with E-state index >= 15 is 0 Å². The second-order valence-electron chi connectivity index (χ2n) is 10.6. The summed E-state index contributed by atoms with van der Waals surface area (Å²) in [6.45, 7) is 2.69. The Bertz CT molecular complexity index is 736. The summed E-state index contributed by atoms with van der Waals surface area (Å²) in [5.74, 6) is -2.38. The van der Waals surface area contributed by atoms with Gasteiger partial charge in [0.1, 0.15) is 12.6 Å². The molecule has 0 bridgehead atoms. The van der Waals surface area contributed by atoms with E-state index in [0.717, 1.165) is 38.5 Å². The predicted molar refractivity (Wildman–Crippen MR) is 157 cm³/mol. The van der Waals surface area contributed by atoms with Crippen molar-refractivity contribution in [3.8, 4) is 0 Å². The monoisotopic (exact) mass is 609 g/mol. The number of phosphoric ester groups is 1. The Morgan fingerprint density at radius 2 is 1.07 bits per heavy atom. The molecule has 0 aliphatic carbocycles. The van der Waals surface area contributed by atoms with Crippen LogP contribution in [0.15, 0.2) is 0 Å². The van der Waals surface area contributed by atoms with E-state index in [4.69, 9.17) is 24.8 Å². The molecule has 41 heavy (non-hydrogen) atoms. The van der Waals surface area contributed by atoms with Gasteiger partial charge in [0.15, 0.2) is 6.10 Å². The van der Waals surface area contributed by atoms with Gasteiger partial charge in [0.2, 0.25) is 0 Å². The van der Waals surface area contributed by atoms with Crippen LogP contribution in [0.4, 0.5) is 0 Å². The van der Waals surface area contributed by atoms with Gasteiger partial charge in [-0.15, -0.1) is 0 Å². The number of carbonyl (C=O) groups is 3. The molecule has 0 saturated carbocycles. The Labute approximate surface area is 246 Å². The van der Waals surface area contributed by atoms with Crippen molar-refractivity contribution in [1.29, 1.82) is 0 Å². The number of unbranched alkanes of at least 4 members (excludes halogenated alkanes) is 15. The first-order valence-corrected chi connectivity index (χ1v) is 17.1. The van der Waals surface area contributed by atoms with E-state index in [2.05, 4.69) is 18.4 Å². The van der Waals surface area contributed by atoms with Crippen molar-refractivity contribution in [3.63, 3.8) is 0 Å². The molecule has 0 aromatic carbocycles. The van der Waals surface area contributed by atoms with Gasteiger partial charge in [0.05, 0.1) is 13.2 Å². The van der Waals surface area contributed by atoms with Crippen LogP contribution >= 0.6 is 7.82 Å². The molecule has 0 heterocycles. The molecule has 0 aliphatic rings. The molecule has 3 unspecified atom stereocenters. The highest BCUT2D eigenvalue weighted by Crippen LogP contribution is 2.43. The van der Waals surface area contributed by atoms with Crippen molar-refractivity contribution in [2.24, 2.45) is 5.73 Å². The maximum atomic E-state index is 12.4. The number of phosphoric acid groups is 1. The van der Waals surface area contributed by atoms with E-state index in [9.17, 15) is 23.8 Å². The second kappa shape index (κ2) is 26.1. The largest absolute Gasteiger partial charge is 0.480 e. The normalized spacial score (nSPS) is 14.2. The fourth-order valence-corrected chi connectivity index (χ4v) is 4.84. The number of nitrogens with two attached hydrogens (primary N) is 1. The summed E-state index contributed by atoms with van der Waals surface area (Å²) in [7, 11) is -4.69. The Balaban J connectivity index is 4.56. The molecule has 0 radical (unpaired) electrons. The summed E-state index contributed by atoms with van der Waals surface area (Å²) in [5, 5.41) is 8.79. The van der Waals surface area contributed by atoms with Crippen LogP contribution in [0.3, 0.4) is 0 Å². The molecule has 0 amide bonds. The van der Waals surface area contributed by atoms with Crippen LogP contribution in [0.2, 0.25) is 0 Å². The molecule has 242 valence electrons. The number of hydrogen-bond acceptors (Lipinski definition) is 9. The van der Waals surface area contributed by atoms with Crippen molar-refractivity contribution in [1.82, 2.24) is 0 Å². The van der Waals surface area contributed by atoms with E-state index in [0.29, 0.717) is 12.8 Å². The molecule has 12 heteroatoms. The van der Waals surface area contributed by atoms with Gasteiger partial charge >= 0.3 is 25.7 Å². The van der Waals surface area contributed by atoms with E-state index in [-0.39, 0.29) is 19.4 Å². The molecule has 0 spiro atoms. The maximum absolute atomic E-state index is 12.4. The van der Waals surface area contributed by atoms with Crippen LogP contribution in [-0.4, -0.2) is 59.9 Å². The van der Waals surface area contributed by atoms with Crippen molar-refractivity contribution in [3.05, 3.63) is 0 Å². The zero-order valence-electron chi connectivity index (χ0n) is 25.4. The van der Waals surface area contributed by atoms with Crippen LogP contribution in [0.25, 0.3) is 0 Å². The van der Waals surface area contributed by atoms with Crippen LogP contribution < -0.4 is 5.73 Å². The van der Waals surface area contributed by atoms with E-state index in [1.54, 1.807) is 0 Å². The van der Waals surface area contributed by atoms with Gasteiger partial charge in [-0.25, -0.2) is 4.57 Å². The average molecular weight is 610 g/mol. The quantitative estimate of drug-likeness (QED) is 0.0484. The van der Waals surface area contributed by atoms with E-state index < -0.39 is 51.1 Å². The van der Waals surface area contributed by atoms with Gasteiger partial charge in [-0.05, 0) is 12.8 Å². The highest BCUT2D eigenvalue weighted by molar-refractivity contribution is 7.47. The number of carbonyl (C=O) groups excluding carboxylic acids is 2. The molecule has 4 N–H and O–H groups in total. The van der Waals surface area contributed by atoms with Crippen LogP contribution in [-0.2, 0) is 37.5 Å². The summed E-state index contributed by atoms with van der Waals surface area (Å²) in [5.41, 5.74) is 5.28. The molecule has 0 aliphatic heterocycles. The highest BCUT2D eigenvalue weighted by atomic mass is 31.2. The van der Waals surface area contributed by atoms with Crippen molar-refractivity contribution in [2.45, 2.75) is 148 Å². The Morgan fingerprint density at radius 1 is 0.659 bits per heavy atom. The molecular weight excluding hydrogens is 553 g/mol. The molecule has 0 aromatic rings. The van der Waals surface area contributed by atoms with Gasteiger partial charge in [-0.2, -0.15) is 0 Å². The maximum Gasteiger partial charge on any atom is 0.472 e. The van der Waals surface area contributed by atoms with E-state index in [1.165, 1.54) is 57.8 Å². The summed E-state index contributed by atoms with van der Waals surface area (Å²) < 4.78 is 32.2. The number of carboxylic acid groups (broad SMARTS) is 1. The third-order valence-electron chi connectivity index (χ3n) is 6.61. The Morgan fingerprint density at radius 3 is 1.54 bits per heavy atom. The lowest BCUT2D eigenvalue weighted by Crippen LogP contribution is -2.34. The topological polar surface area (TPSA) is 172 Å². The van der Waals surface area contributed by atoms with Gasteiger partial charge in [-0.3, -0.25) is 23.4 Å². The zero-order valence-corrected chi connectivity index (χ0v) is 26.3. The second-order valence-corrected chi connectivity index (χ2v) is 12.1. The minimum atomic E-state index is -4.69. The minimum absolute atomic E-state index is 0.166. The molecular formula is C29H56NO10P. The van der Waals surface area contributed by atoms with Crippen molar-refractivity contribution < 1.29 is 47.5 Å². The smallest absolute Gasteiger partial charge is 0.472 e. The lowest BCUT2D eigenvalue weighted by molar-refractivity contribution is -0.161. The molecule has 0 aromatic heterocycles. The van der Waals surface area contributed by atoms with Crippen LogP contribution in [0.5, 0.6) is 0 Å². The zero-order chi connectivity index (χ0) is 30.8. The molecule has 3 atom stereocenters. The number of hydrogen-bond donors (Lipinski definition) is 3. The van der Waals surface area contributed by atoms with E-state index in [1.807, 2.05) is 0 Å². The van der Waals surface area contributed by atoms with Gasteiger partial charge in [0.25, 0.3) is 0 Å². The Kier molecular flexibility index (Phi) is 25.2. The molecule has 0 fully saturated rings. The molecule has 11 nitrogen and oxygen atoms in total. The molecule has 0 saturated heterocycles. The highest BCUT2D eigenvalue weighted by Gasteiger charge is 2.28. The fourth-order valence-electron chi connectivity index (χ4n) is 4.06. The summed E-state index contributed by atoms with van der Waals surface area (Å²) in [6.07, 6.45) is 17.8. The summed E-state index contributed by atoms with van der Waals surface area (Å²) in [6, 6.07) is -1.51. The predicted octanol–water partition coefficient (Wildman–Crippen LogP) is 6.44. The number of ether oxygens (including phenoxy) is 2. The number of esters is 2. The number of rotatable bonds is 29. The van der Waals surface area contributed by atoms with Crippen LogP contribution in [0.1, 0.15) is 136 Å². The van der Waals surface area contributed by atoms with Gasteiger partial charge in [0, 0.05) is 12.8 Å². The summed E-state index contributed by atoms with van der Waals surface area (Å²) in [4.78, 5) is 45.2. The first-order chi connectivity index (χ1) is 19.6. The Hall–Kier alpha value is -1.52. The van der Waals surface area contributed by atoms with Crippen molar-refractivity contribution in [2.75, 3.05) is 19.8 Å². The van der Waals surface area contributed by atoms with Gasteiger partial charge < -0.3 is 25.2 Å².